The molecule has 1 saturated heterocycles. The lowest BCUT2D eigenvalue weighted by Gasteiger charge is -2.53. The Balaban J connectivity index is 2.07. The van der Waals surface area contributed by atoms with Crippen LogP contribution in [0.2, 0.25) is 0 Å². The third kappa shape index (κ3) is 1.42. The van der Waals surface area contributed by atoms with Crippen LogP contribution in [0, 0.1) is 0 Å². The van der Waals surface area contributed by atoms with Gasteiger partial charge in [0.2, 0.25) is 0 Å². The number of benzene rings is 1. The van der Waals surface area contributed by atoms with Gasteiger partial charge in [0.1, 0.15) is 0 Å². The van der Waals surface area contributed by atoms with E-state index in [0.29, 0.717) is 0 Å². The molecule has 3 rings (SSSR count). The van der Waals surface area contributed by atoms with Crippen LogP contribution in [0.4, 0.5) is 0 Å². The molecule has 1 saturated carbocycles. The van der Waals surface area contributed by atoms with Crippen LogP contribution in [0.25, 0.3) is 0 Å². The van der Waals surface area contributed by atoms with Crippen LogP contribution < -0.4 is 0 Å². The maximum Gasteiger partial charge on any atom is 0.0977 e. The zero-order valence-electron chi connectivity index (χ0n) is 10.3. The molecule has 0 spiro atoms. The second kappa shape index (κ2) is 3.99. The predicted molar refractivity (Wildman–Crippen MR) is 70.1 cm³/mol. The average Bonchev–Trinajstić information content (AvgIpc) is 2.80. The maximum atomic E-state index is 5.99. The lowest BCUT2D eigenvalue weighted by molar-refractivity contribution is -0.159. The maximum absolute atomic E-state index is 5.99. The van der Waals surface area contributed by atoms with E-state index in [9.17, 15) is 0 Å². The molecule has 2 fully saturated rings. The third-order valence-electron chi connectivity index (χ3n) is 4.76. The fourth-order valence-corrected chi connectivity index (χ4v) is 3.75. The minimum absolute atomic E-state index is 0.0924. The highest BCUT2D eigenvalue weighted by Gasteiger charge is 2.56. The van der Waals surface area contributed by atoms with Crippen LogP contribution >= 0.6 is 0 Å². The van der Waals surface area contributed by atoms with E-state index in [4.69, 9.17) is 4.74 Å². The average molecular weight is 228 g/mol. The molecular weight excluding hydrogens is 208 g/mol. The SMILES string of the molecule is C=CC1(C2(c3ccccc3)CCCC2)CCO1. The van der Waals surface area contributed by atoms with Crippen molar-refractivity contribution in [3.05, 3.63) is 48.6 Å². The van der Waals surface area contributed by atoms with Gasteiger partial charge in [0.15, 0.2) is 0 Å². The highest BCUT2D eigenvalue weighted by molar-refractivity contribution is 5.35. The van der Waals surface area contributed by atoms with Crippen molar-refractivity contribution < 1.29 is 4.74 Å². The number of hydrogen-bond donors (Lipinski definition) is 0. The number of ether oxygens (including phenoxy) is 1. The topological polar surface area (TPSA) is 9.23 Å². The second-order valence-electron chi connectivity index (χ2n) is 5.35. The predicted octanol–water partition coefficient (Wildman–Crippen LogP) is 3.84. The summed E-state index contributed by atoms with van der Waals surface area (Å²) in [7, 11) is 0. The summed E-state index contributed by atoms with van der Waals surface area (Å²) in [5.74, 6) is 0. The minimum Gasteiger partial charge on any atom is -0.370 e. The molecule has 0 bridgehead atoms. The summed E-state index contributed by atoms with van der Waals surface area (Å²) in [6.45, 7) is 4.93. The lowest BCUT2D eigenvalue weighted by atomic mass is 9.62. The van der Waals surface area contributed by atoms with Crippen LogP contribution in [0.1, 0.15) is 37.7 Å². The van der Waals surface area contributed by atoms with E-state index in [1.807, 2.05) is 0 Å². The van der Waals surface area contributed by atoms with Crippen molar-refractivity contribution in [3.8, 4) is 0 Å². The van der Waals surface area contributed by atoms with Gasteiger partial charge in [-0.25, -0.2) is 0 Å². The Hall–Kier alpha value is -1.08. The van der Waals surface area contributed by atoms with E-state index in [2.05, 4.69) is 43.0 Å². The number of rotatable bonds is 3. The van der Waals surface area contributed by atoms with Crippen molar-refractivity contribution in [2.75, 3.05) is 6.61 Å². The molecule has 2 aliphatic rings. The van der Waals surface area contributed by atoms with Crippen molar-refractivity contribution in [1.82, 2.24) is 0 Å². The Morgan fingerprint density at radius 3 is 2.18 bits per heavy atom. The normalized spacial score (nSPS) is 30.8. The summed E-state index contributed by atoms with van der Waals surface area (Å²) >= 11 is 0. The first kappa shape index (κ1) is 11.0. The third-order valence-corrected chi connectivity index (χ3v) is 4.76. The smallest absolute Gasteiger partial charge is 0.0977 e. The highest BCUT2D eigenvalue weighted by Crippen LogP contribution is 2.55. The molecule has 1 heteroatoms. The molecular formula is C16H20O. The van der Waals surface area contributed by atoms with Crippen molar-refractivity contribution >= 4 is 0 Å². The Kier molecular flexibility index (Phi) is 2.59. The van der Waals surface area contributed by atoms with Gasteiger partial charge in [-0.2, -0.15) is 0 Å². The molecule has 0 aromatic heterocycles. The van der Waals surface area contributed by atoms with Crippen LogP contribution in [0.5, 0.6) is 0 Å². The fraction of sp³-hybridized carbons (Fsp3) is 0.500. The van der Waals surface area contributed by atoms with Gasteiger partial charge in [0.25, 0.3) is 0 Å². The van der Waals surface area contributed by atoms with Crippen LogP contribution in [-0.4, -0.2) is 12.2 Å². The Labute approximate surface area is 103 Å². The van der Waals surface area contributed by atoms with Crippen LogP contribution in [0.3, 0.4) is 0 Å². The van der Waals surface area contributed by atoms with Gasteiger partial charge in [-0.1, -0.05) is 49.2 Å². The zero-order chi connectivity index (χ0) is 11.8. The molecule has 1 aromatic rings. The minimum atomic E-state index is -0.0924. The van der Waals surface area contributed by atoms with Crippen molar-refractivity contribution in [2.24, 2.45) is 0 Å². The Morgan fingerprint density at radius 2 is 1.71 bits per heavy atom. The molecule has 1 heterocycles. The monoisotopic (exact) mass is 228 g/mol. The van der Waals surface area contributed by atoms with E-state index in [-0.39, 0.29) is 11.0 Å². The molecule has 1 aromatic carbocycles. The summed E-state index contributed by atoms with van der Waals surface area (Å²) in [6.07, 6.45) is 8.30. The quantitative estimate of drug-likeness (QED) is 0.714. The van der Waals surface area contributed by atoms with Gasteiger partial charge in [-0.15, -0.1) is 6.58 Å². The fourth-order valence-electron chi connectivity index (χ4n) is 3.75. The molecule has 1 nitrogen and oxygen atoms in total. The standard InChI is InChI=1S/C16H20O/c1-2-16(12-13-17-16)15(10-6-7-11-15)14-8-4-3-5-9-14/h2-5,8-9H,1,6-7,10-13H2. The van der Waals surface area contributed by atoms with Gasteiger partial charge in [0, 0.05) is 11.8 Å². The van der Waals surface area contributed by atoms with Gasteiger partial charge < -0.3 is 4.74 Å². The summed E-state index contributed by atoms with van der Waals surface area (Å²) in [5, 5.41) is 0. The summed E-state index contributed by atoms with van der Waals surface area (Å²) in [6, 6.07) is 10.9. The highest BCUT2D eigenvalue weighted by atomic mass is 16.5. The van der Waals surface area contributed by atoms with E-state index in [1.165, 1.54) is 31.2 Å². The first-order chi connectivity index (χ1) is 8.33. The van der Waals surface area contributed by atoms with Gasteiger partial charge in [-0.05, 0) is 18.4 Å². The molecule has 1 aliphatic carbocycles. The molecule has 1 unspecified atom stereocenters. The zero-order valence-corrected chi connectivity index (χ0v) is 10.3. The first-order valence-corrected chi connectivity index (χ1v) is 6.66. The summed E-state index contributed by atoms with van der Waals surface area (Å²) in [5.41, 5.74) is 1.54. The molecule has 0 amide bonds. The van der Waals surface area contributed by atoms with E-state index in [1.54, 1.807) is 0 Å². The van der Waals surface area contributed by atoms with E-state index >= 15 is 0 Å². The molecule has 0 N–H and O–H groups in total. The molecule has 17 heavy (non-hydrogen) atoms. The van der Waals surface area contributed by atoms with E-state index < -0.39 is 0 Å². The van der Waals surface area contributed by atoms with E-state index in [0.717, 1.165) is 13.0 Å². The van der Waals surface area contributed by atoms with Gasteiger partial charge in [-0.3, -0.25) is 0 Å². The number of hydrogen-bond acceptors (Lipinski definition) is 1. The van der Waals surface area contributed by atoms with Crippen molar-refractivity contribution in [2.45, 2.75) is 43.1 Å². The van der Waals surface area contributed by atoms with Crippen molar-refractivity contribution in [3.63, 3.8) is 0 Å². The Morgan fingerprint density at radius 1 is 1.06 bits per heavy atom. The Bertz CT molecular complexity index is 397. The molecule has 0 radical (unpaired) electrons. The first-order valence-electron chi connectivity index (χ1n) is 6.66. The molecule has 1 atom stereocenters. The largest absolute Gasteiger partial charge is 0.370 e. The lowest BCUT2D eigenvalue weighted by Crippen LogP contribution is -2.57. The molecule has 90 valence electrons. The van der Waals surface area contributed by atoms with Crippen LogP contribution in [-0.2, 0) is 10.2 Å². The molecule has 1 aliphatic heterocycles. The van der Waals surface area contributed by atoms with Crippen molar-refractivity contribution in [1.29, 1.82) is 0 Å². The van der Waals surface area contributed by atoms with Gasteiger partial charge in [0.05, 0.1) is 12.2 Å². The van der Waals surface area contributed by atoms with Gasteiger partial charge >= 0.3 is 0 Å². The summed E-state index contributed by atoms with van der Waals surface area (Å²) < 4.78 is 5.99. The summed E-state index contributed by atoms with van der Waals surface area (Å²) in [4.78, 5) is 0. The second-order valence-corrected chi connectivity index (χ2v) is 5.35. The van der Waals surface area contributed by atoms with Crippen LogP contribution in [0.15, 0.2) is 43.0 Å².